The molecule has 88 valence electrons. The molecule has 0 radical (unpaired) electrons. The van der Waals surface area contributed by atoms with Gasteiger partial charge in [-0.3, -0.25) is 9.36 Å². The van der Waals surface area contributed by atoms with Crippen LogP contribution in [-0.4, -0.2) is 28.1 Å². The van der Waals surface area contributed by atoms with Gasteiger partial charge in [0.2, 0.25) is 6.41 Å². The highest BCUT2D eigenvalue weighted by atomic mass is 16.4. The smallest absolute Gasteiger partial charge is 0.362 e. The van der Waals surface area contributed by atoms with Crippen molar-refractivity contribution in [1.29, 1.82) is 0 Å². The molecular weight excluding hydrogens is 220 g/mol. The van der Waals surface area contributed by atoms with Crippen LogP contribution < -0.4 is 5.73 Å². The molecule has 5 heteroatoms. The molecule has 1 heterocycles. The number of benzene rings is 1. The average molecular weight is 233 g/mol. The first-order valence-corrected chi connectivity index (χ1v) is 5.23. The Kier molecular flexibility index (Phi) is 2.93. The molecule has 17 heavy (non-hydrogen) atoms. The molecule has 2 aromatic rings. The van der Waals surface area contributed by atoms with E-state index in [4.69, 9.17) is 5.11 Å². The topological polar surface area (TPSA) is 86.9 Å². The zero-order chi connectivity index (χ0) is 12.4. The van der Waals surface area contributed by atoms with Gasteiger partial charge in [0.05, 0.1) is 5.52 Å². The lowest BCUT2D eigenvalue weighted by molar-refractivity contribution is -0.407. The molecule has 0 aliphatic heterocycles. The number of aliphatic carboxylic acids is 1. The van der Waals surface area contributed by atoms with Gasteiger partial charge in [0.15, 0.2) is 6.04 Å². The summed E-state index contributed by atoms with van der Waals surface area (Å²) in [6, 6.07) is 6.69. The van der Waals surface area contributed by atoms with Gasteiger partial charge in [-0.25, -0.2) is 4.79 Å². The highest BCUT2D eigenvalue weighted by Gasteiger charge is 2.19. The number of aromatic nitrogens is 1. The van der Waals surface area contributed by atoms with E-state index in [9.17, 15) is 9.59 Å². The Morgan fingerprint density at radius 1 is 1.47 bits per heavy atom. The van der Waals surface area contributed by atoms with E-state index in [1.165, 1.54) is 4.57 Å². The van der Waals surface area contributed by atoms with Crippen LogP contribution in [0.1, 0.15) is 5.56 Å². The van der Waals surface area contributed by atoms with Crippen LogP contribution >= 0.6 is 0 Å². The Morgan fingerprint density at radius 2 is 2.18 bits per heavy atom. The summed E-state index contributed by atoms with van der Waals surface area (Å²) in [5, 5.41) is 9.74. The van der Waals surface area contributed by atoms with Crippen molar-refractivity contribution in [3.63, 3.8) is 0 Å². The third-order valence-corrected chi connectivity index (χ3v) is 2.75. The van der Waals surface area contributed by atoms with Crippen molar-refractivity contribution in [2.75, 3.05) is 0 Å². The fraction of sp³-hybridized carbons (Fsp3) is 0.167. The highest BCUT2D eigenvalue weighted by molar-refractivity contribution is 5.89. The number of fused-ring (bicyclic) bond motifs is 1. The minimum absolute atomic E-state index is 0.316. The van der Waals surface area contributed by atoms with E-state index in [1.54, 1.807) is 6.20 Å². The second-order valence-electron chi connectivity index (χ2n) is 3.92. The van der Waals surface area contributed by atoms with E-state index in [-0.39, 0.29) is 0 Å². The molecule has 0 saturated heterocycles. The van der Waals surface area contributed by atoms with Gasteiger partial charge in [-0.1, -0.05) is 18.2 Å². The normalized spacial score (nSPS) is 12.5. The number of carbonyl (C=O) groups is 2. The standard InChI is InChI=1S/C12H12N2O3/c13-10(12(16)17)5-8-6-14(7-15)11-4-2-1-3-9(8)11/h1-4,6-7,10H,5,13H2,(H,16,17)/p+1/t10-/m0/s1. The molecule has 0 saturated carbocycles. The Bertz CT molecular complexity index is 574. The summed E-state index contributed by atoms with van der Waals surface area (Å²) in [6.07, 6.45) is 2.69. The zero-order valence-electron chi connectivity index (χ0n) is 9.17. The van der Waals surface area contributed by atoms with Crippen LogP contribution in [-0.2, 0) is 16.0 Å². The van der Waals surface area contributed by atoms with Crippen LogP contribution in [0.15, 0.2) is 30.5 Å². The number of carboxylic acid groups (broad SMARTS) is 1. The molecule has 0 fully saturated rings. The van der Waals surface area contributed by atoms with Gasteiger partial charge in [0, 0.05) is 18.0 Å². The Hall–Kier alpha value is -2.14. The van der Waals surface area contributed by atoms with Crippen LogP contribution in [0, 0.1) is 0 Å². The number of quaternary nitrogens is 1. The highest BCUT2D eigenvalue weighted by Crippen LogP contribution is 2.21. The van der Waals surface area contributed by atoms with E-state index >= 15 is 0 Å². The molecule has 0 amide bonds. The van der Waals surface area contributed by atoms with Crippen LogP contribution in [0.2, 0.25) is 0 Å². The molecule has 5 nitrogen and oxygen atoms in total. The third-order valence-electron chi connectivity index (χ3n) is 2.75. The van der Waals surface area contributed by atoms with Gasteiger partial charge in [-0.05, 0) is 11.6 Å². The molecule has 0 aliphatic carbocycles. The first-order valence-electron chi connectivity index (χ1n) is 5.23. The molecule has 1 atom stereocenters. The van der Waals surface area contributed by atoms with Crippen molar-refractivity contribution < 1.29 is 20.4 Å². The van der Waals surface area contributed by atoms with E-state index in [0.29, 0.717) is 12.8 Å². The fourth-order valence-electron chi connectivity index (χ4n) is 1.88. The Balaban J connectivity index is 2.47. The third kappa shape index (κ3) is 2.05. The number of carboxylic acids is 1. The lowest BCUT2D eigenvalue weighted by Gasteiger charge is -2.01. The molecular formula is C12H13N2O3+. The number of hydrogen-bond acceptors (Lipinski definition) is 2. The monoisotopic (exact) mass is 233 g/mol. The summed E-state index contributed by atoms with van der Waals surface area (Å²) in [7, 11) is 0. The molecule has 0 aliphatic rings. The van der Waals surface area contributed by atoms with Crippen molar-refractivity contribution in [1.82, 2.24) is 4.57 Å². The molecule has 2 rings (SSSR count). The Labute approximate surface area is 97.4 Å². The number of hydrogen-bond donors (Lipinski definition) is 2. The first-order chi connectivity index (χ1) is 8.13. The molecule has 0 spiro atoms. The summed E-state index contributed by atoms with van der Waals surface area (Å²) in [5.41, 5.74) is 5.19. The van der Waals surface area contributed by atoms with Gasteiger partial charge in [-0.2, -0.15) is 0 Å². The number of para-hydroxylation sites is 1. The maximum absolute atomic E-state index is 10.9. The predicted octanol–water partition coefficient (Wildman–Crippen LogP) is -0.0828. The molecule has 0 unspecified atom stereocenters. The molecule has 4 N–H and O–H groups in total. The minimum atomic E-state index is -0.937. The maximum Gasteiger partial charge on any atom is 0.362 e. The largest absolute Gasteiger partial charge is 0.477 e. The average Bonchev–Trinajstić information content (AvgIpc) is 2.68. The Morgan fingerprint density at radius 3 is 2.82 bits per heavy atom. The van der Waals surface area contributed by atoms with Crippen molar-refractivity contribution in [3.05, 3.63) is 36.0 Å². The number of rotatable bonds is 4. The SMILES string of the molecule is [NH3+][C@@H](Cc1cn(C=O)c2ccccc12)C(=O)O. The van der Waals surface area contributed by atoms with Crippen molar-refractivity contribution in [2.24, 2.45) is 0 Å². The summed E-state index contributed by atoms with van der Waals surface area (Å²) >= 11 is 0. The molecule has 1 aromatic carbocycles. The second-order valence-corrected chi connectivity index (χ2v) is 3.92. The van der Waals surface area contributed by atoms with Gasteiger partial charge < -0.3 is 10.8 Å². The van der Waals surface area contributed by atoms with Crippen LogP contribution in [0.5, 0.6) is 0 Å². The van der Waals surface area contributed by atoms with Crippen molar-refractivity contribution in [2.45, 2.75) is 12.5 Å². The lowest BCUT2D eigenvalue weighted by atomic mass is 10.1. The van der Waals surface area contributed by atoms with Gasteiger partial charge in [0.25, 0.3) is 0 Å². The summed E-state index contributed by atoms with van der Waals surface area (Å²) < 4.78 is 1.46. The zero-order valence-corrected chi connectivity index (χ0v) is 9.17. The van der Waals surface area contributed by atoms with E-state index in [0.717, 1.165) is 16.5 Å². The lowest BCUT2D eigenvalue weighted by Crippen LogP contribution is -2.65. The first kappa shape index (κ1) is 11.3. The maximum atomic E-state index is 10.9. The summed E-state index contributed by atoms with van der Waals surface area (Å²) in [4.78, 5) is 21.7. The van der Waals surface area contributed by atoms with Crippen LogP contribution in [0.4, 0.5) is 0 Å². The van der Waals surface area contributed by atoms with Crippen LogP contribution in [0.3, 0.4) is 0 Å². The predicted molar refractivity (Wildman–Crippen MR) is 62.1 cm³/mol. The van der Waals surface area contributed by atoms with E-state index in [1.807, 2.05) is 24.3 Å². The quantitative estimate of drug-likeness (QED) is 0.724. The minimum Gasteiger partial charge on any atom is -0.477 e. The summed E-state index contributed by atoms with van der Waals surface area (Å²) in [5.74, 6) is -0.937. The van der Waals surface area contributed by atoms with Gasteiger partial charge in [0.1, 0.15) is 0 Å². The molecule has 0 bridgehead atoms. The van der Waals surface area contributed by atoms with Gasteiger partial charge >= 0.3 is 5.97 Å². The fourth-order valence-corrected chi connectivity index (χ4v) is 1.88. The summed E-state index contributed by atoms with van der Waals surface area (Å²) in [6.45, 7) is 0. The van der Waals surface area contributed by atoms with E-state index < -0.39 is 12.0 Å². The van der Waals surface area contributed by atoms with Crippen molar-refractivity contribution in [3.8, 4) is 0 Å². The van der Waals surface area contributed by atoms with Crippen molar-refractivity contribution >= 4 is 23.3 Å². The van der Waals surface area contributed by atoms with Gasteiger partial charge in [-0.15, -0.1) is 0 Å². The second kappa shape index (κ2) is 4.39. The van der Waals surface area contributed by atoms with E-state index in [2.05, 4.69) is 5.73 Å². The number of carbonyl (C=O) groups excluding carboxylic acids is 1. The van der Waals surface area contributed by atoms with Crippen LogP contribution in [0.25, 0.3) is 10.9 Å². The molecule has 1 aromatic heterocycles. The number of nitrogens with zero attached hydrogens (tertiary/aromatic N) is 1.